The lowest BCUT2D eigenvalue weighted by Crippen LogP contribution is -2.79. The molecule has 0 aromatic rings. The van der Waals surface area contributed by atoms with E-state index >= 15 is 0 Å². The van der Waals surface area contributed by atoms with Gasteiger partial charge in [0.15, 0.2) is 0 Å². The lowest BCUT2D eigenvalue weighted by molar-refractivity contribution is -0.0435. The van der Waals surface area contributed by atoms with Crippen LogP contribution in [0.2, 0.25) is 0 Å². The van der Waals surface area contributed by atoms with Crippen LogP contribution in [0.25, 0.3) is 0 Å². The van der Waals surface area contributed by atoms with Crippen molar-refractivity contribution in [2.24, 2.45) is 5.41 Å². The van der Waals surface area contributed by atoms with E-state index in [0.29, 0.717) is 5.41 Å². The molecule has 1 heterocycles. The summed E-state index contributed by atoms with van der Waals surface area (Å²) >= 11 is 0. The average Bonchev–Trinajstić information content (AvgIpc) is 1.80. The van der Waals surface area contributed by atoms with E-state index < -0.39 is 0 Å². The number of hydrogen-bond acceptors (Lipinski definition) is 1. The second-order valence-electron chi connectivity index (χ2n) is 3.69. The Labute approximate surface area is 55.1 Å². The van der Waals surface area contributed by atoms with Gasteiger partial charge in [0.25, 0.3) is 0 Å². The molecule has 1 saturated heterocycles. The summed E-state index contributed by atoms with van der Waals surface area (Å²) in [6.45, 7) is 2.23. The summed E-state index contributed by atoms with van der Waals surface area (Å²) in [6.07, 6.45) is 5.34. The van der Waals surface area contributed by atoms with Gasteiger partial charge in [-0.2, -0.15) is 0 Å². The van der Waals surface area contributed by atoms with Gasteiger partial charge in [-0.3, -0.25) is 0 Å². The van der Waals surface area contributed by atoms with Gasteiger partial charge < -0.3 is 5.32 Å². The molecule has 3 atom stereocenters. The first-order chi connectivity index (χ1) is 4.33. The Morgan fingerprint density at radius 3 is 2.78 bits per heavy atom. The normalized spacial score (nSPS) is 59.4. The highest BCUT2D eigenvalue weighted by Gasteiger charge is 2.64. The lowest BCUT2D eigenvalue weighted by atomic mass is 9.46. The molecule has 3 aliphatic rings. The summed E-state index contributed by atoms with van der Waals surface area (Å²) in [5.74, 6) is 0. The zero-order chi connectivity index (χ0) is 6.06. The molecule has 1 spiro atoms. The Balaban J connectivity index is 2.04. The zero-order valence-corrected chi connectivity index (χ0v) is 5.65. The van der Waals surface area contributed by atoms with Crippen molar-refractivity contribution in [3.05, 3.63) is 11.6 Å². The summed E-state index contributed by atoms with van der Waals surface area (Å²) in [5, 5.41) is 3.55. The summed E-state index contributed by atoms with van der Waals surface area (Å²) in [4.78, 5) is 0. The zero-order valence-electron chi connectivity index (χ0n) is 5.65. The summed E-state index contributed by atoms with van der Waals surface area (Å²) in [7, 11) is 0. The van der Waals surface area contributed by atoms with Gasteiger partial charge in [-0.1, -0.05) is 11.6 Å². The summed E-state index contributed by atoms with van der Waals surface area (Å²) in [6, 6.07) is 1.68. The van der Waals surface area contributed by atoms with Crippen molar-refractivity contribution in [1.82, 2.24) is 5.32 Å². The molecule has 3 unspecified atom stereocenters. The molecule has 48 valence electrons. The Bertz CT molecular complexity index is 207. The van der Waals surface area contributed by atoms with E-state index in [9.17, 15) is 0 Å². The number of rotatable bonds is 0. The van der Waals surface area contributed by atoms with Crippen LogP contribution >= 0.6 is 0 Å². The van der Waals surface area contributed by atoms with Crippen LogP contribution in [0.4, 0.5) is 0 Å². The quantitative estimate of drug-likeness (QED) is 0.473. The minimum atomic E-state index is 0.698. The molecule has 1 saturated carbocycles. The maximum absolute atomic E-state index is 3.55. The Morgan fingerprint density at radius 1 is 1.78 bits per heavy atom. The molecule has 2 fully saturated rings. The van der Waals surface area contributed by atoms with Crippen molar-refractivity contribution in [2.75, 3.05) is 0 Å². The fourth-order valence-electron chi connectivity index (χ4n) is 2.69. The third-order valence-electron chi connectivity index (χ3n) is 3.37. The minimum Gasteiger partial charge on any atom is -0.306 e. The maximum Gasteiger partial charge on any atom is 0.0386 e. The monoisotopic (exact) mass is 121 g/mol. The van der Waals surface area contributed by atoms with E-state index in [-0.39, 0.29) is 0 Å². The molecule has 1 nitrogen and oxygen atoms in total. The third kappa shape index (κ3) is 0.265. The SMILES string of the molecule is CC1=CC23CCC2NC13. The highest BCUT2D eigenvalue weighted by atomic mass is 15.1. The highest BCUT2D eigenvalue weighted by Crippen LogP contribution is 2.60. The van der Waals surface area contributed by atoms with Crippen LogP contribution in [0.1, 0.15) is 19.8 Å². The fraction of sp³-hybridized carbons (Fsp3) is 0.750. The van der Waals surface area contributed by atoms with E-state index in [1.54, 1.807) is 5.57 Å². The lowest BCUT2D eigenvalue weighted by Gasteiger charge is -2.69. The van der Waals surface area contributed by atoms with Gasteiger partial charge in [0.05, 0.1) is 0 Å². The second-order valence-corrected chi connectivity index (χ2v) is 3.69. The largest absolute Gasteiger partial charge is 0.306 e. The fourth-order valence-corrected chi connectivity index (χ4v) is 2.69. The second kappa shape index (κ2) is 0.988. The van der Waals surface area contributed by atoms with Crippen LogP contribution in [-0.4, -0.2) is 12.1 Å². The summed E-state index contributed by atoms with van der Waals surface area (Å²) < 4.78 is 0. The van der Waals surface area contributed by atoms with E-state index in [1.807, 2.05) is 0 Å². The minimum absolute atomic E-state index is 0.698. The molecular formula is C8H11N. The molecule has 3 rings (SSSR count). The van der Waals surface area contributed by atoms with Crippen molar-refractivity contribution in [3.8, 4) is 0 Å². The maximum atomic E-state index is 3.55. The molecular weight excluding hydrogens is 110 g/mol. The highest BCUT2D eigenvalue weighted by molar-refractivity contribution is 5.43. The molecule has 1 N–H and O–H groups in total. The third-order valence-corrected chi connectivity index (χ3v) is 3.37. The van der Waals surface area contributed by atoms with Gasteiger partial charge in [-0.25, -0.2) is 0 Å². The van der Waals surface area contributed by atoms with Crippen molar-refractivity contribution in [1.29, 1.82) is 0 Å². The van der Waals surface area contributed by atoms with Gasteiger partial charge in [0.2, 0.25) is 0 Å². The molecule has 2 aliphatic carbocycles. The molecule has 1 heteroatoms. The van der Waals surface area contributed by atoms with Gasteiger partial charge in [0, 0.05) is 17.5 Å². The standard InChI is InChI=1S/C8H11N/c1-5-4-8-3-2-6(8)9-7(5)8/h4,6-7,9H,2-3H2,1H3. The molecule has 0 bridgehead atoms. The van der Waals surface area contributed by atoms with Gasteiger partial charge in [-0.15, -0.1) is 0 Å². The first kappa shape index (κ1) is 4.51. The summed E-state index contributed by atoms with van der Waals surface area (Å²) in [5.41, 5.74) is 2.27. The van der Waals surface area contributed by atoms with E-state index in [1.165, 1.54) is 12.8 Å². The van der Waals surface area contributed by atoms with E-state index in [4.69, 9.17) is 0 Å². The van der Waals surface area contributed by atoms with Crippen LogP contribution in [-0.2, 0) is 0 Å². The first-order valence-electron chi connectivity index (χ1n) is 3.78. The van der Waals surface area contributed by atoms with Crippen LogP contribution in [0.3, 0.4) is 0 Å². The predicted molar refractivity (Wildman–Crippen MR) is 36.1 cm³/mol. The van der Waals surface area contributed by atoms with Crippen LogP contribution in [0.15, 0.2) is 11.6 Å². The Morgan fingerprint density at radius 2 is 2.67 bits per heavy atom. The average molecular weight is 121 g/mol. The molecule has 0 aromatic heterocycles. The number of nitrogens with one attached hydrogen (secondary N) is 1. The van der Waals surface area contributed by atoms with Crippen LogP contribution < -0.4 is 5.32 Å². The molecule has 9 heavy (non-hydrogen) atoms. The van der Waals surface area contributed by atoms with Crippen molar-refractivity contribution in [3.63, 3.8) is 0 Å². The number of hydrogen-bond donors (Lipinski definition) is 1. The molecule has 0 amide bonds. The molecule has 1 aliphatic heterocycles. The number of piperidine rings is 1. The van der Waals surface area contributed by atoms with Gasteiger partial charge in [0.1, 0.15) is 0 Å². The predicted octanol–water partition coefficient (Wildman–Crippen LogP) is 1.07. The molecule has 0 radical (unpaired) electrons. The first-order valence-corrected chi connectivity index (χ1v) is 3.78. The van der Waals surface area contributed by atoms with Crippen molar-refractivity contribution in [2.45, 2.75) is 31.8 Å². The topological polar surface area (TPSA) is 12.0 Å². The Hall–Kier alpha value is -0.300. The van der Waals surface area contributed by atoms with Gasteiger partial charge in [-0.05, 0) is 19.8 Å². The van der Waals surface area contributed by atoms with Crippen LogP contribution in [0, 0.1) is 5.41 Å². The smallest absolute Gasteiger partial charge is 0.0386 e. The van der Waals surface area contributed by atoms with Gasteiger partial charge >= 0.3 is 0 Å². The Kier molecular flexibility index (Phi) is 0.495. The molecule has 0 aromatic carbocycles. The van der Waals surface area contributed by atoms with Crippen molar-refractivity contribution < 1.29 is 0 Å². The van der Waals surface area contributed by atoms with E-state index in [0.717, 1.165) is 12.1 Å². The van der Waals surface area contributed by atoms with Crippen molar-refractivity contribution >= 4 is 0 Å². The van der Waals surface area contributed by atoms with Crippen LogP contribution in [0.5, 0.6) is 0 Å². The van der Waals surface area contributed by atoms with E-state index in [2.05, 4.69) is 18.3 Å².